The Morgan fingerprint density at radius 3 is 1.17 bits per heavy atom. The summed E-state index contributed by atoms with van der Waals surface area (Å²) in [5.74, 6) is 0.812. The van der Waals surface area contributed by atoms with Crippen LogP contribution in [0.4, 0.5) is 34.1 Å². The maximum atomic E-state index is 2.51. The molecular formula is C85H68N2. The average molecular weight is 1120 g/mol. The second-order valence-electron chi connectivity index (χ2n) is 24.5. The summed E-state index contributed by atoms with van der Waals surface area (Å²) in [4.78, 5) is 4.99. The van der Waals surface area contributed by atoms with Gasteiger partial charge >= 0.3 is 0 Å². The molecule has 1 aliphatic carbocycles. The van der Waals surface area contributed by atoms with Gasteiger partial charge in [-0.1, -0.05) is 258 Å². The van der Waals surface area contributed by atoms with E-state index in [2.05, 4.69) is 343 Å². The lowest BCUT2D eigenvalue weighted by molar-refractivity contribution is 0.760. The third-order valence-corrected chi connectivity index (χ3v) is 18.5. The molecule has 2 nitrogen and oxygen atoms in total. The molecule has 2 heteroatoms. The Kier molecular flexibility index (Phi) is 13.3. The summed E-state index contributed by atoms with van der Waals surface area (Å²) in [6.45, 7) is 13.5. The minimum atomic E-state index is -0.566. The van der Waals surface area contributed by atoms with Crippen LogP contribution in [0, 0.1) is 13.8 Å². The number of hydrogen-bond acceptors (Lipinski definition) is 2. The van der Waals surface area contributed by atoms with Crippen molar-refractivity contribution < 1.29 is 0 Å². The number of benzene rings is 14. The van der Waals surface area contributed by atoms with Gasteiger partial charge in [-0.25, -0.2) is 0 Å². The van der Waals surface area contributed by atoms with Gasteiger partial charge in [-0.2, -0.15) is 0 Å². The molecule has 0 saturated carbocycles. The first kappa shape index (κ1) is 53.4. The highest BCUT2D eigenvalue weighted by atomic mass is 15.2. The fraction of sp³-hybridized carbons (Fsp3) is 0.106. The largest absolute Gasteiger partial charge is 0.310 e. The molecule has 0 bridgehead atoms. The second kappa shape index (κ2) is 21.7. The molecule has 0 atom stereocenters. The molecule has 0 aliphatic heterocycles. The third-order valence-electron chi connectivity index (χ3n) is 18.5. The molecule has 0 radical (unpaired) electrons. The molecular weight excluding hydrogens is 1050 g/mol. The third kappa shape index (κ3) is 9.01. The maximum absolute atomic E-state index is 2.51. The van der Waals surface area contributed by atoms with Crippen LogP contribution in [-0.4, -0.2) is 0 Å². The van der Waals surface area contributed by atoms with Crippen LogP contribution in [0.5, 0.6) is 0 Å². The van der Waals surface area contributed by atoms with Crippen LogP contribution in [0.2, 0.25) is 0 Å². The van der Waals surface area contributed by atoms with Crippen LogP contribution in [0.1, 0.15) is 84.0 Å². The number of anilines is 6. The van der Waals surface area contributed by atoms with E-state index in [9.17, 15) is 0 Å². The molecule has 0 spiro atoms. The van der Waals surface area contributed by atoms with Crippen molar-refractivity contribution >= 4 is 66.4 Å². The van der Waals surface area contributed by atoms with Gasteiger partial charge in [0.25, 0.3) is 0 Å². The van der Waals surface area contributed by atoms with Crippen LogP contribution in [-0.2, 0) is 5.41 Å². The van der Waals surface area contributed by atoms with Crippen molar-refractivity contribution in [3.63, 3.8) is 0 Å². The number of aryl methyl sites for hydroxylation is 2. The van der Waals surface area contributed by atoms with Gasteiger partial charge in [0, 0.05) is 33.5 Å². The summed E-state index contributed by atoms with van der Waals surface area (Å²) in [6.07, 6.45) is 0. The highest BCUT2D eigenvalue weighted by molar-refractivity contribution is 6.28. The number of nitrogens with zero attached hydrogens (tertiary/aromatic N) is 2. The summed E-state index contributed by atoms with van der Waals surface area (Å²) in [7, 11) is 0. The van der Waals surface area contributed by atoms with E-state index in [1.54, 1.807) is 0 Å². The Morgan fingerprint density at radius 2 is 0.667 bits per heavy atom. The molecule has 0 fully saturated rings. The number of hydrogen-bond donors (Lipinski definition) is 0. The van der Waals surface area contributed by atoms with E-state index in [1.165, 1.54) is 116 Å². The maximum Gasteiger partial charge on any atom is 0.0714 e. The summed E-state index contributed by atoms with van der Waals surface area (Å²) < 4.78 is 0. The lowest BCUT2D eigenvalue weighted by Crippen LogP contribution is -2.29. The zero-order valence-electron chi connectivity index (χ0n) is 50.3. The van der Waals surface area contributed by atoms with Gasteiger partial charge < -0.3 is 9.80 Å². The van der Waals surface area contributed by atoms with Crippen molar-refractivity contribution in [2.75, 3.05) is 9.80 Å². The van der Waals surface area contributed by atoms with E-state index in [4.69, 9.17) is 0 Å². The minimum Gasteiger partial charge on any atom is -0.310 e. The predicted molar refractivity (Wildman–Crippen MR) is 371 cm³/mol. The smallest absolute Gasteiger partial charge is 0.0714 e. The highest BCUT2D eigenvalue weighted by Gasteiger charge is 2.46. The zero-order chi connectivity index (χ0) is 58.9. The quantitative estimate of drug-likeness (QED) is 0.106. The molecule has 14 aromatic carbocycles. The Labute approximate surface area is 512 Å². The Morgan fingerprint density at radius 1 is 0.287 bits per heavy atom. The second-order valence-corrected chi connectivity index (χ2v) is 24.5. The van der Waals surface area contributed by atoms with Crippen molar-refractivity contribution in [3.8, 4) is 44.5 Å². The Balaban J connectivity index is 0.907. The SMILES string of the molecule is Cc1cccc(N(c2cccc(-c3ccccc3-c3ccccc3-c3cccc(C(C)C)c3)c2)c2ccc3ccc4c(N(c5cccc(C)c5)c5cccc(C6(c7cccc(C(C)C)c7)c7ccccc7-c7ccccc76)c5)ccc5ccc2c3c54)c1. The monoisotopic (exact) mass is 1120 g/mol. The summed E-state index contributed by atoms with van der Waals surface area (Å²) >= 11 is 0. The molecule has 0 saturated heterocycles. The molecule has 1 aliphatic rings. The summed E-state index contributed by atoms with van der Waals surface area (Å²) in [5.41, 5.74) is 26.1. The predicted octanol–water partition coefficient (Wildman–Crippen LogP) is 23.8. The van der Waals surface area contributed by atoms with E-state index >= 15 is 0 Å². The molecule has 87 heavy (non-hydrogen) atoms. The zero-order valence-corrected chi connectivity index (χ0v) is 50.3. The average Bonchev–Trinajstić information content (AvgIpc) is 1.74. The molecule has 418 valence electrons. The van der Waals surface area contributed by atoms with Crippen molar-refractivity contribution in [3.05, 3.63) is 336 Å². The van der Waals surface area contributed by atoms with Crippen molar-refractivity contribution in [2.45, 2.75) is 58.8 Å². The normalized spacial score (nSPS) is 12.6. The number of fused-ring (bicyclic) bond motifs is 3. The van der Waals surface area contributed by atoms with Gasteiger partial charge in [0.1, 0.15) is 0 Å². The van der Waals surface area contributed by atoms with Gasteiger partial charge in [0.05, 0.1) is 16.8 Å². The Hall–Kier alpha value is -10.3. The van der Waals surface area contributed by atoms with Gasteiger partial charge in [-0.15, -0.1) is 0 Å². The fourth-order valence-electron chi connectivity index (χ4n) is 14.4. The molecule has 0 unspecified atom stereocenters. The van der Waals surface area contributed by atoms with Crippen LogP contribution >= 0.6 is 0 Å². The standard InChI is InChI=1S/C85H68N2/c1-55(2)61-23-17-25-63(51-61)71-33-7-9-35-73(71)74-36-10-8-34-72(74)64-26-19-31-69(53-64)86(67-29-15-21-57(5)49-67)81-47-43-59-42-46-78-82(48-44-60-41-45-77(81)83(59)84(60)78)87(68-30-16-22-58(6)50-68)70-32-20-28-66(54-70)85(65-27-18-24-62(52-65)56(3)4)79-39-13-11-37-75(79)76-38-12-14-40-80(76)85/h7-56H,1-6H3. The number of rotatable bonds is 13. The van der Waals surface area contributed by atoms with Crippen LogP contribution in [0.15, 0.2) is 291 Å². The van der Waals surface area contributed by atoms with Gasteiger partial charge in [-0.3, -0.25) is 0 Å². The first-order chi connectivity index (χ1) is 42.6. The minimum absolute atomic E-state index is 0.376. The van der Waals surface area contributed by atoms with Crippen molar-refractivity contribution in [1.29, 1.82) is 0 Å². The van der Waals surface area contributed by atoms with E-state index in [1.807, 2.05) is 0 Å². The van der Waals surface area contributed by atoms with E-state index in [-0.39, 0.29) is 0 Å². The lowest BCUT2D eigenvalue weighted by Gasteiger charge is -2.36. The van der Waals surface area contributed by atoms with Crippen LogP contribution in [0.25, 0.3) is 76.8 Å². The van der Waals surface area contributed by atoms with Gasteiger partial charge in [0.2, 0.25) is 0 Å². The van der Waals surface area contributed by atoms with Gasteiger partial charge in [-0.05, 0) is 197 Å². The first-order valence-corrected chi connectivity index (χ1v) is 30.9. The molecule has 14 aromatic rings. The van der Waals surface area contributed by atoms with Crippen molar-refractivity contribution in [1.82, 2.24) is 0 Å². The topological polar surface area (TPSA) is 6.48 Å². The first-order valence-electron chi connectivity index (χ1n) is 30.9. The van der Waals surface area contributed by atoms with Crippen LogP contribution < -0.4 is 9.80 Å². The summed E-state index contributed by atoms with van der Waals surface area (Å²) in [5, 5.41) is 7.32. The molecule has 0 N–H and O–H groups in total. The van der Waals surface area contributed by atoms with E-state index in [0.717, 1.165) is 39.7 Å². The molecule has 15 rings (SSSR count). The van der Waals surface area contributed by atoms with Crippen LogP contribution in [0.3, 0.4) is 0 Å². The molecule has 0 aromatic heterocycles. The van der Waals surface area contributed by atoms with E-state index < -0.39 is 5.41 Å². The van der Waals surface area contributed by atoms with E-state index in [0.29, 0.717) is 11.8 Å². The molecule has 0 amide bonds. The van der Waals surface area contributed by atoms with Gasteiger partial charge in [0.15, 0.2) is 0 Å². The lowest BCUT2D eigenvalue weighted by atomic mass is 9.67. The fourth-order valence-corrected chi connectivity index (χ4v) is 14.4. The summed E-state index contributed by atoms with van der Waals surface area (Å²) in [6, 6.07) is 110. The highest BCUT2D eigenvalue weighted by Crippen LogP contribution is 2.57. The molecule has 0 heterocycles. The Bertz CT molecular complexity index is 4900. The van der Waals surface area contributed by atoms with Crippen molar-refractivity contribution in [2.24, 2.45) is 0 Å².